The number of aliphatic hydroxyl groups excluding tert-OH is 1. The van der Waals surface area contributed by atoms with Crippen molar-refractivity contribution in [3.63, 3.8) is 0 Å². The molecule has 0 spiro atoms. The van der Waals surface area contributed by atoms with E-state index in [1.165, 1.54) is 6.92 Å². The van der Waals surface area contributed by atoms with Gasteiger partial charge in [-0.3, -0.25) is 38.4 Å². The van der Waals surface area contributed by atoms with Gasteiger partial charge in [-0.15, -0.1) is 0 Å². The third-order valence-corrected chi connectivity index (χ3v) is 11.0. The molecule has 1 aromatic heterocycles. The summed E-state index contributed by atoms with van der Waals surface area (Å²) in [6, 6.07) is 6.80. The number of benzene rings is 2. The number of amides is 8. The quantitative estimate of drug-likeness (QED) is 0.0789. The predicted octanol–water partition coefficient (Wildman–Crippen LogP) is -2.66. The number of aliphatic hydroxyl groups is 1. The molecule has 21 nitrogen and oxygen atoms in total. The zero-order valence-electron chi connectivity index (χ0n) is 37.7. The zero-order valence-corrected chi connectivity index (χ0v) is 37.7. The van der Waals surface area contributed by atoms with Crippen molar-refractivity contribution in [1.29, 1.82) is 0 Å². The van der Waals surface area contributed by atoms with Crippen LogP contribution in [0.1, 0.15) is 64.0 Å². The van der Waals surface area contributed by atoms with Gasteiger partial charge >= 0.3 is 0 Å². The first kappa shape index (κ1) is 52.2. The summed E-state index contributed by atoms with van der Waals surface area (Å²) in [5.41, 5.74) is 19.7. The summed E-state index contributed by atoms with van der Waals surface area (Å²) in [7, 11) is 0. The van der Waals surface area contributed by atoms with Crippen molar-refractivity contribution in [3.8, 4) is 0 Å². The maximum absolute atomic E-state index is 14.2. The highest BCUT2D eigenvalue weighted by molar-refractivity contribution is 5.98. The Labute approximate surface area is 383 Å². The van der Waals surface area contributed by atoms with Crippen molar-refractivity contribution in [2.24, 2.45) is 23.1 Å². The lowest BCUT2D eigenvalue weighted by Crippen LogP contribution is -2.61. The van der Waals surface area contributed by atoms with E-state index in [1.54, 1.807) is 36.5 Å². The number of carbonyl (C=O) groups excluding carboxylic acids is 8. The minimum absolute atomic E-state index is 0.0276. The van der Waals surface area contributed by atoms with Crippen LogP contribution in [0, 0.1) is 5.92 Å². The molecule has 1 aliphatic heterocycles. The first-order valence-corrected chi connectivity index (χ1v) is 22.3. The fraction of sp³-hybridized carbons (Fsp3) is 0.511. The molecule has 66 heavy (non-hydrogen) atoms. The number of aromatic amines is 1. The minimum Gasteiger partial charge on any atom is -0.391 e. The smallest absolute Gasteiger partial charge is 0.245 e. The molecular weight excluding hydrogens is 853 g/mol. The standard InChI is InChI=1S/C45H66N12O9/c1-25(2)21-35-43(64)54-31(13-17-46)39(60)53-33(15-19-48)42(63)57-38(26(3)58)45(66)49-20-16-34(51-37(59)23-28-24-50-30-12-8-7-11-29(28)30)41(62)52-32(14-18-47)40(61)56-36(44(65)55-35)22-27-9-5-4-6-10-27/h4-12,24-26,31-36,38,50,58H,13-23,46-48H2,1-3H3,(H,49,66)(H,51,59)(H,52,62)(H,53,60)(H,54,64)(H,55,65)(H,56,61)(H,57,63)/t26-,31+,32+,33+,34+,35+,36-,38+/m1/s1. The molecule has 8 atom stereocenters. The van der Waals surface area contributed by atoms with Gasteiger partial charge in [-0.2, -0.15) is 0 Å². The second kappa shape index (κ2) is 25.9. The number of carbonyl (C=O) groups is 8. The Hall–Kier alpha value is -6.42. The molecule has 0 saturated carbocycles. The lowest BCUT2D eigenvalue weighted by atomic mass is 10.00. The summed E-state index contributed by atoms with van der Waals surface area (Å²) >= 11 is 0. The first-order chi connectivity index (χ1) is 31.5. The van der Waals surface area contributed by atoms with Crippen LogP contribution < -0.4 is 59.7 Å². The van der Waals surface area contributed by atoms with E-state index in [1.807, 2.05) is 38.1 Å². The summed E-state index contributed by atoms with van der Waals surface area (Å²) in [6.07, 6.45) is -0.308. The molecule has 1 saturated heterocycles. The molecular formula is C45H66N12O9. The monoisotopic (exact) mass is 919 g/mol. The number of fused-ring (bicyclic) bond motifs is 1. The Kier molecular flexibility index (Phi) is 20.5. The molecule has 360 valence electrons. The van der Waals surface area contributed by atoms with E-state index in [0.29, 0.717) is 11.1 Å². The number of rotatable bonds is 14. The SMILES string of the molecule is CC(C)C[C@@H]1NC(=O)[C@@H](Cc2ccccc2)NC(=O)[C@H](CCN)NC(=O)[C@@H](NC(=O)Cc2c[nH]c3ccccc23)CCNC(=O)[C@H]([C@@H](C)O)NC(=O)[C@H](CCN)NC(=O)[C@H](CCN)NC1=O. The molecule has 16 N–H and O–H groups in total. The second-order valence-corrected chi connectivity index (χ2v) is 16.8. The Bertz CT molecular complexity index is 2130. The van der Waals surface area contributed by atoms with Crippen molar-refractivity contribution >= 4 is 58.2 Å². The average Bonchev–Trinajstić information content (AvgIpc) is 3.68. The number of hydrogen-bond acceptors (Lipinski definition) is 12. The van der Waals surface area contributed by atoms with Crippen LogP contribution >= 0.6 is 0 Å². The van der Waals surface area contributed by atoms with Crippen LogP contribution in [0.25, 0.3) is 10.9 Å². The van der Waals surface area contributed by atoms with Gasteiger partial charge in [0.2, 0.25) is 47.3 Å². The van der Waals surface area contributed by atoms with Gasteiger partial charge in [-0.1, -0.05) is 62.4 Å². The van der Waals surface area contributed by atoms with E-state index in [-0.39, 0.29) is 77.0 Å². The molecule has 8 amide bonds. The van der Waals surface area contributed by atoms with E-state index >= 15 is 0 Å². The molecule has 0 unspecified atom stereocenters. The average molecular weight is 919 g/mol. The summed E-state index contributed by atoms with van der Waals surface area (Å²) in [5, 5.41) is 32.5. The molecule has 0 bridgehead atoms. The molecule has 0 radical (unpaired) electrons. The molecule has 1 aliphatic rings. The highest BCUT2D eigenvalue weighted by Gasteiger charge is 2.35. The zero-order chi connectivity index (χ0) is 48.3. The first-order valence-electron chi connectivity index (χ1n) is 22.3. The third-order valence-electron chi connectivity index (χ3n) is 11.0. The maximum Gasteiger partial charge on any atom is 0.245 e. The fourth-order valence-corrected chi connectivity index (χ4v) is 7.50. The summed E-state index contributed by atoms with van der Waals surface area (Å²) in [6.45, 7) is 4.44. The fourth-order valence-electron chi connectivity index (χ4n) is 7.50. The summed E-state index contributed by atoms with van der Waals surface area (Å²) < 4.78 is 0. The van der Waals surface area contributed by atoms with Gasteiger partial charge in [0.05, 0.1) is 12.5 Å². The van der Waals surface area contributed by atoms with Gasteiger partial charge < -0.3 is 69.8 Å². The number of nitrogens with one attached hydrogen (secondary N) is 9. The second-order valence-electron chi connectivity index (χ2n) is 16.8. The number of para-hydroxylation sites is 1. The van der Waals surface area contributed by atoms with Crippen LogP contribution in [0.4, 0.5) is 0 Å². The molecule has 3 aromatic rings. The number of H-pyrrole nitrogens is 1. The van der Waals surface area contributed by atoms with Crippen molar-refractivity contribution in [2.45, 2.75) is 114 Å². The van der Waals surface area contributed by atoms with Gasteiger partial charge in [-0.05, 0) is 81.8 Å². The predicted molar refractivity (Wildman–Crippen MR) is 245 cm³/mol. The molecule has 21 heteroatoms. The van der Waals surface area contributed by atoms with Crippen LogP contribution in [-0.4, -0.2) is 132 Å². The normalized spacial score (nSPS) is 23.9. The minimum atomic E-state index is -1.55. The van der Waals surface area contributed by atoms with Gasteiger partial charge in [0.1, 0.15) is 42.3 Å². The van der Waals surface area contributed by atoms with Crippen molar-refractivity contribution < 1.29 is 43.5 Å². The van der Waals surface area contributed by atoms with Gasteiger partial charge in [0.25, 0.3) is 0 Å². The Morgan fingerprint density at radius 3 is 1.73 bits per heavy atom. The largest absolute Gasteiger partial charge is 0.391 e. The van der Waals surface area contributed by atoms with Crippen LogP contribution in [-0.2, 0) is 51.2 Å². The van der Waals surface area contributed by atoms with Crippen LogP contribution in [0.2, 0.25) is 0 Å². The molecule has 0 aliphatic carbocycles. The van der Waals surface area contributed by atoms with E-state index in [0.717, 1.165) is 10.9 Å². The summed E-state index contributed by atoms with van der Waals surface area (Å²) in [4.78, 5) is 114. The van der Waals surface area contributed by atoms with E-state index in [2.05, 4.69) is 47.5 Å². The molecule has 4 rings (SSSR count). The highest BCUT2D eigenvalue weighted by atomic mass is 16.3. The van der Waals surface area contributed by atoms with Crippen molar-refractivity contribution in [2.75, 3.05) is 26.2 Å². The van der Waals surface area contributed by atoms with Crippen LogP contribution in [0.5, 0.6) is 0 Å². The number of aromatic nitrogens is 1. The lowest BCUT2D eigenvalue weighted by molar-refractivity contribution is -0.136. The summed E-state index contributed by atoms with van der Waals surface area (Å²) in [5.74, 6) is -6.32. The van der Waals surface area contributed by atoms with E-state index in [4.69, 9.17) is 17.2 Å². The Balaban J connectivity index is 1.74. The Morgan fingerprint density at radius 1 is 0.652 bits per heavy atom. The van der Waals surface area contributed by atoms with Crippen LogP contribution in [0.3, 0.4) is 0 Å². The van der Waals surface area contributed by atoms with Gasteiger partial charge in [0, 0.05) is 30.1 Å². The maximum atomic E-state index is 14.2. The van der Waals surface area contributed by atoms with Crippen LogP contribution in [0.15, 0.2) is 60.8 Å². The molecule has 2 heterocycles. The topological polar surface area (TPSA) is 347 Å². The Morgan fingerprint density at radius 2 is 1.15 bits per heavy atom. The van der Waals surface area contributed by atoms with Gasteiger partial charge in [0.15, 0.2) is 0 Å². The third kappa shape index (κ3) is 15.6. The highest BCUT2D eigenvalue weighted by Crippen LogP contribution is 2.18. The lowest BCUT2D eigenvalue weighted by Gasteiger charge is -2.28. The van der Waals surface area contributed by atoms with Crippen molar-refractivity contribution in [1.82, 2.24) is 47.5 Å². The molecule has 1 fully saturated rings. The number of hydrogen-bond donors (Lipinski definition) is 13. The van der Waals surface area contributed by atoms with E-state index in [9.17, 15) is 43.5 Å². The van der Waals surface area contributed by atoms with E-state index < -0.39 is 95.7 Å². The number of nitrogens with two attached hydrogens (primary N) is 3. The molecule has 2 aromatic carbocycles. The van der Waals surface area contributed by atoms with Crippen molar-refractivity contribution in [3.05, 3.63) is 71.9 Å². The van der Waals surface area contributed by atoms with Gasteiger partial charge in [-0.25, -0.2) is 0 Å².